The summed E-state index contributed by atoms with van der Waals surface area (Å²) < 4.78 is 3.00. The number of alkyl halides is 1. The predicted octanol–water partition coefficient (Wildman–Crippen LogP) is 3.94. The lowest BCUT2D eigenvalue weighted by atomic mass is 10.2. The van der Waals surface area contributed by atoms with Crippen LogP contribution in [0.3, 0.4) is 0 Å². The summed E-state index contributed by atoms with van der Waals surface area (Å²) in [7, 11) is 0. The molecule has 0 atom stereocenters. The molecule has 84 valence electrons. The summed E-state index contributed by atoms with van der Waals surface area (Å²) >= 11 is 9.34. The van der Waals surface area contributed by atoms with E-state index in [2.05, 4.69) is 28.0 Å². The first-order chi connectivity index (χ1) is 7.76. The molecule has 0 N–H and O–H groups in total. The predicted molar refractivity (Wildman–Crippen MR) is 70.2 cm³/mol. The molecule has 16 heavy (non-hydrogen) atoms. The minimum absolute atomic E-state index is 0.511. The monoisotopic (exact) mass is 298 g/mol. The highest BCUT2D eigenvalue weighted by Gasteiger charge is 2.09. The largest absolute Gasteiger partial charge is 0.237 e. The zero-order chi connectivity index (χ0) is 11.5. The molecule has 0 unspecified atom stereocenters. The molecule has 0 fully saturated rings. The molecule has 0 aliphatic carbocycles. The summed E-state index contributed by atoms with van der Waals surface area (Å²) in [4.78, 5) is 0. The fourth-order valence-electron chi connectivity index (χ4n) is 1.73. The maximum Gasteiger partial charge on any atom is 0.0660 e. The molecule has 1 heterocycles. The van der Waals surface area contributed by atoms with Crippen molar-refractivity contribution in [2.24, 2.45) is 0 Å². The zero-order valence-corrected chi connectivity index (χ0v) is 11.3. The minimum atomic E-state index is 0.511. The summed E-state index contributed by atoms with van der Waals surface area (Å²) in [6, 6.07) is 8.08. The van der Waals surface area contributed by atoms with Crippen LogP contribution in [-0.4, -0.2) is 9.78 Å². The van der Waals surface area contributed by atoms with Gasteiger partial charge in [-0.15, -0.1) is 11.6 Å². The highest BCUT2D eigenvalue weighted by Crippen LogP contribution is 2.20. The van der Waals surface area contributed by atoms with Crippen LogP contribution >= 0.6 is 27.5 Å². The quantitative estimate of drug-likeness (QED) is 0.785. The van der Waals surface area contributed by atoms with Crippen molar-refractivity contribution in [3.8, 4) is 5.69 Å². The minimum Gasteiger partial charge on any atom is -0.237 e. The Morgan fingerprint density at radius 1 is 1.44 bits per heavy atom. The van der Waals surface area contributed by atoms with Gasteiger partial charge in [-0.1, -0.05) is 28.9 Å². The molecule has 2 aromatic rings. The molecule has 1 aromatic heterocycles. The first-order valence-electron chi connectivity index (χ1n) is 5.14. The molecule has 0 amide bonds. The van der Waals surface area contributed by atoms with Crippen LogP contribution in [0.2, 0.25) is 0 Å². The summed E-state index contributed by atoms with van der Waals surface area (Å²) in [6.07, 6.45) is 2.77. The molecule has 4 heteroatoms. The van der Waals surface area contributed by atoms with Gasteiger partial charge in [-0.25, -0.2) is 4.68 Å². The standard InChI is InChI=1S/C12H12BrClN2/c1-2-12-9(7-14)8-15-16(12)11-5-3-4-10(13)6-11/h3-6,8H,2,7H2,1H3. The van der Waals surface area contributed by atoms with Crippen LogP contribution in [0.25, 0.3) is 5.69 Å². The fourth-order valence-corrected chi connectivity index (χ4v) is 2.34. The van der Waals surface area contributed by atoms with E-state index in [1.54, 1.807) is 0 Å². The molecular formula is C12H12BrClN2. The van der Waals surface area contributed by atoms with Crippen molar-refractivity contribution in [1.29, 1.82) is 0 Å². The Labute approximate surface area is 108 Å². The Kier molecular flexibility index (Phi) is 3.66. The van der Waals surface area contributed by atoms with Crippen LogP contribution in [0.15, 0.2) is 34.9 Å². The molecular weight excluding hydrogens is 288 g/mol. The van der Waals surface area contributed by atoms with Gasteiger partial charge in [0.15, 0.2) is 0 Å². The van der Waals surface area contributed by atoms with Crippen molar-refractivity contribution in [1.82, 2.24) is 9.78 Å². The van der Waals surface area contributed by atoms with Gasteiger partial charge in [0.1, 0.15) is 0 Å². The second-order valence-corrected chi connectivity index (χ2v) is 4.68. The van der Waals surface area contributed by atoms with Gasteiger partial charge in [0.05, 0.1) is 17.8 Å². The van der Waals surface area contributed by atoms with Crippen LogP contribution in [0, 0.1) is 0 Å². The third kappa shape index (κ3) is 2.15. The molecule has 0 saturated heterocycles. The van der Waals surface area contributed by atoms with Crippen LogP contribution in [0.1, 0.15) is 18.2 Å². The summed E-state index contributed by atoms with van der Waals surface area (Å²) in [5.41, 5.74) is 3.33. The topological polar surface area (TPSA) is 17.8 Å². The van der Waals surface area contributed by atoms with Crippen molar-refractivity contribution in [3.63, 3.8) is 0 Å². The van der Waals surface area contributed by atoms with Gasteiger partial charge in [0.2, 0.25) is 0 Å². The van der Waals surface area contributed by atoms with Gasteiger partial charge in [-0.05, 0) is 24.6 Å². The normalized spacial score (nSPS) is 10.7. The molecule has 2 nitrogen and oxygen atoms in total. The maximum atomic E-state index is 5.88. The Bertz CT molecular complexity index is 494. The second kappa shape index (κ2) is 5.02. The third-order valence-corrected chi connectivity index (χ3v) is 3.27. The van der Waals surface area contributed by atoms with E-state index in [0.717, 1.165) is 22.1 Å². The molecule has 1 aromatic carbocycles. The lowest BCUT2D eigenvalue weighted by molar-refractivity contribution is 0.810. The molecule has 0 saturated carbocycles. The molecule has 0 bridgehead atoms. The van der Waals surface area contributed by atoms with Crippen LogP contribution in [0.5, 0.6) is 0 Å². The second-order valence-electron chi connectivity index (χ2n) is 3.50. The highest BCUT2D eigenvalue weighted by molar-refractivity contribution is 9.10. The maximum absolute atomic E-state index is 5.88. The van der Waals surface area contributed by atoms with E-state index >= 15 is 0 Å². The Hall–Kier alpha value is -0.800. The van der Waals surface area contributed by atoms with E-state index in [1.165, 1.54) is 5.69 Å². The van der Waals surface area contributed by atoms with Gasteiger partial charge in [0, 0.05) is 15.7 Å². The molecule has 2 rings (SSSR count). The lowest BCUT2D eigenvalue weighted by Gasteiger charge is -2.07. The van der Waals surface area contributed by atoms with Crippen molar-refractivity contribution in [3.05, 3.63) is 46.2 Å². The molecule has 0 spiro atoms. The molecule has 0 aliphatic heterocycles. The Morgan fingerprint density at radius 3 is 2.88 bits per heavy atom. The van der Waals surface area contributed by atoms with Gasteiger partial charge in [-0.2, -0.15) is 5.10 Å². The van der Waals surface area contributed by atoms with E-state index in [4.69, 9.17) is 11.6 Å². The first-order valence-corrected chi connectivity index (χ1v) is 6.46. The molecule has 0 radical (unpaired) electrons. The number of aromatic nitrogens is 2. The van der Waals surface area contributed by atoms with Gasteiger partial charge in [0.25, 0.3) is 0 Å². The number of benzene rings is 1. The van der Waals surface area contributed by atoms with E-state index in [9.17, 15) is 0 Å². The number of halogens is 2. The van der Waals surface area contributed by atoms with Crippen molar-refractivity contribution < 1.29 is 0 Å². The van der Waals surface area contributed by atoms with Gasteiger partial charge < -0.3 is 0 Å². The lowest BCUT2D eigenvalue weighted by Crippen LogP contribution is -2.02. The van der Waals surface area contributed by atoms with Gasteiger partial charge in [-0.3, -0.25) is 0 Å². The zero-order valence-electron chi connectivity index (χ0n) is 8.95. The Morgan fingerprint density at radius 2 is 2.25 bits per heavy atom. The van der Waals surface area contributed by atoms with Crippen LogP contribution in [0.4, 0.5) is 0 Å². The SMILES string of the molecule is CCc1c(CCl)cnn1-c1cccc(Br)c1. The van der Waals surface area contributed by atoms with E-state index in [-0.39, 0.29) is 0 Å². The fraction of sp³-hybridized carbons (Fsp3) is 0.250. The summed E-state index contributed by atoms with van der Waals surface area (Å²) in [5.74, 6) is 0.511. The van der Waals surface area contributed by atoms with Crippen LogP contribution in [-0.2, 0) is 12.3 Å². The summed E-state index contributed by atoms with van der Waals surface area (Å²) in [6.45, 7) is 2.11. The van der Waals surface area contributed by atoms with Crippen molar-refractivity contribution >= 4 is 27.5 Å². The third-order valence-electron chi connectivity index (χ3n) is 2.49. The van der Waals surface area contributed by atoms with Crippen molar-refractivity contribution in [2.45, 2.75) is 19.2 Å². The molecule has 0 aliphatic rings. The number of nitrogens with zero attached hydrogens (tertiary/aromatic N) is 2. The summed E-state index contributed by atoms with van der Waals surface area (Å²) in [5, 5.41) is 4.38. The van der Waals surface area contributed by atoms with E-state index in [1.807, 2.05) is 35.1 Å². The van der Waals surface area contributed by atoms with E-state index < -0.39 is 0 Å². The van der Waals surface area contributed by atoms with Gasteiger partial charge >= 0.3 is 0 Å². The average molecular weight is 300 g/mol. The Balaban J connectivity index is 2.51. The van der Waals surface area contributed by atoms with Crippen molar-refractivity contribution in [2.75, 3.05) is 0 Å². The number of hydrogen-bond acceptors (Lipinski definition) is 1. The smallest absolute Gasteiger partial charge is 0.0660 e. The number of rotatable bonds is 3. The average Bonchev–Trinajstić information content (AvgIpc) is 2.71. The van der Waals surface area contributed by atoms with Crippen LogP contribution < -0.4 is 0 Å². The first kappa shape index (κ1) is 11.7. The highest BCUT2D eigenvalue weighted by atomic mass is 79.9. The number of hydrogen-bond donors (Lipinski definition) is 0. The van der Waals surface area contributed by atoms with E-state index in [0.29, 0.717) is 5.88 Å².